The molecule has 0 aliphatic heterocycles. The summed E-state index contributed by atoms with van der Waals surface area (Å²) < 4.78 is 49.9. The zero-order valence-electron chi connectivity index (χ0n) is 21.4. The second-order valence-corrected chi connectivity index (χ2v) is 9.57. The highest BCUT2D eigenvalue weighted by molar-refractivity contribution is 7.92. The number of benzene rings is 3. The Labute approximate surface area is 217 Å². The maximum absolute atomic E-state index is 12.9. The van der Waals surface area contributed by atoms with Crippen molar-refractivity contribution in [2.45, 2.75) is 31.6 Å². The number of hydrogen-bond acceptors (Lipinski definition) is 7. The smallest absolute Gasteiger partial charge is 0.262 e. The van der Waals surface area contributed by atoms with Gasteiger partial charge in [-0.1, -0.05) is 6.07 Å². The van der Waals surface area contributed by atoms with Gasteiger partial charge in [-0.2, -0.15) is 0 Å². The van der Waals surface area contributed by atoms with Gasteiger partial charge in [-0.15, -0.1) is 0 Å². The number of nitrogens with one attached hydrogen (secondary N) is 2. The Morgan fingerprint density at radius 1 is 0.811 bits per heavy atom. The van der Waals surface area contributed by atoms with Crippen LogP contribution in [0, 0.1) is 0 Å². The van der Waals surface area contributed by atoms with Crippen molar-refractivity contribution in [3.8, 4) is 23.0 Å². The minimum atomic E-state index is -3.90. The topological polar surface area (TPSA) is 112 Å². The average molecular weight is 529 g/mol. The monoisotopic (exact) mass is 528 g/mol. The molecule has 2 N–H and O–H groups in total. The lowest BCUT2D eigenvalue weighted by atomic mass is 10.1. The van der Waals surface area contributed by atoms with E-state index in [1.807, 2.05) is 32.0 Å². The van der Waals surface area contributed by atoms with E-state index in [0.29, 0.717) is 48.3 Å². The standard InChI is InChI=1S/C27H32N2O7S/c1-5-35-25-14-7-19(17-26(25)36-6-2)8-16-27(30)28-20-9-12-22(13-10-20)37(31,32)29-23-18-21(33-3)11-15-24(23)34-4/h7,9-15,17-18,29H,5-6,8,16H2,1-4H3,(H,28,30). The second kappa shape index (κ2) is 12.9. The summed E-state index contributed by atoms with van der Waals surface area (Å²) in [6.45, 7) is 4.86. The first kappa shape index (κ1) is 27.7. The Kier molecular flexibility index (Phi) is 9.62. The van der Waals surface area contributed by atoms with Crippen LogP contribution in [0.1, 0.15) is 25.8 Å². The maximum Gasteiger partial charge on any atom is 0.262 e. The van der Waals surface area contributed by atoms with Crippen molar-refractivity contribution in [1.29, 1.82) is 0 Å². The third-order valence-electron chi connectivity index (χ3n) is 5.35. The molecule has 9 nitrogen and oxygen atoms in total. The van der Waals surface area contributed by atoms with E-state index >= 15 is 0 Å². The Bertz CT molecular complexity index is 1310. The van der Waals surface area contributed by atoms with Crippen LogP contribution < -0.4 is 29.0 Å². The van der Waals surface area contributed by atoms with E-state index in [0.717, 1.165) is 5.56 Å². The summed E-state index contributed by atoms with van der Waals surface area (Å²) in [5.41, 5.74) is 1.69. The lowest BCUT2D eigenvalue weighted by molar-refractivity contribution is -0.116. The van der Waals surface area contributed by atoms with Gasteiger partial charge in [0, 0.05) is 18.2 Å². The van der Waals surface area contributed by atoms with Gasteiger partial charge >= 0.3 is 0 Å². The molecule has 0 aliphatic rings. The van der Waals surface area contributed by atoms with Gasteiger partial charge in [-0.3, -0.25) is 9.52 Å². The molecular formula is C27H32N2O7S. The first-order chi connectivity index (χ1) is 17.8. The highest BCUT2D eigenvalue weighted by Crippen LogP contribution is 2.31. The molecule has 0 radical (unpaired) electrons. The van der Waals surface area contributed by atoms with Gasteiger partial charge in [0.25, 0.3) is 10.0 Å². The van der Waals surface area contributed by atoms with E-state index in [-0.39, 0.29) is 22.9 Å². The Hall–Kier alpha value is -3.92. The molecule has 0 spiro atoms. The van der Waals surface area contributed by atoms with Crippen molar-refractivity contribution in [3.63, 3.8) is 0 Å². The largest absolute Gasteiger partial charge is 0.497 e. The predicted octanol–water partition coefficient (Wildman–Crippen LogP) is 4.87. The number of carbonyl (C=O) groups excluding carboxylic acids is 1. The van der Waals surface area contributed by atoms with Gasteiger partial charge < -0.3 is 24.3 Å². The molecule has 1 amide bonds. The summed E-state index contributed by atoms with van der Waals surface area (Å²) in [5, 5.41) is 2.80. The molecular weight excluding hydrogens is 496 g/mol. The molecule has 0 bridgehead atoms. The number of anilines is 2. The minimum absolute atomic E-state index is 0.0354. The lowest BCUT2D eigenvalue weighted by Gasteiger charge is -2.14. The van der Waals surface area contributed by atoms with Crippen molar-refractivity contribution < 1.29 is 32.2 Å². The predicted molar refractivity (Wildman–Crippen MR) is 143 cm³/mol. The number of carbonyl (C=O) groups is 1. The van der Waals surface area contributed by atoms with Crippen LogP contribution in [0.5, 0.6) is 23.0 Å². The molecule has 0 fully saturated rings. The van der Waals surface area contributed by atoms with E-state index in [2.05, 4.69) is 10.0 Å². The van der Waals surface area contributed by atoms with Crippen LogP contribution in [0.2, 0.25) is 0 Å². The van der Waals surface area contributed by atoms with Crippen LogP contribution in [0.15, 0.2) is 65.6 Å². The molecule has 0 unspecified atom stereocenters. The molecule has 3 aromatic rings. The van der Waals surface area contributed by atoms with Gasteiger partial charge in [0.15, 0.2) is 11.5 Å². The molecule has 0 heterocycles. The second-order valence-electron chi connectivity index (χ2n) is 7.89. The van der Waals surface area contributed by atoms with Gasteiger partial charge in [-0.25, -0.2) is 8.42 Å². The van der Waals surface area contributed by atoms with E-state index in [4.69, 9.17) is 18.9 Å². The molecule has 37 heavy (non-hydrogen) atoms. The average Bonchev–Trinajstić information content (AvgIpc) is 2.89. The molecule has 0 saturated carbocycles. The van der Waals surface area contributed by atoms with Crippen LogP contribution in [0.4, 0.5) is 11.4 Å². The zero-order valence-corrected chi connectivity index (χ0v) is 22.2. The molecule has 3 aromatic carbocycles. The fourth-order valence-electron chi connectivity index (χ4n) is 3.55. The summed E-state index contributed by atoms with van der Waals surface area (Å²) in [5.74, 6) is 1.97. The van der Waals surface area contributed by atoms with Gasteiger partial charge in [0.2, 0.25) is 5.91 Å². The van der Waals surface area contributed by atoms with Crippen molar-refractivity contribution in [2.24, 2.45) is 0 Å². The molecule has 0 aromatic heterocycles. The lowest BCUT2D eigenvalue weighted by Crippen LogP contribution is -2.15. The zero-order chi connectivity index (χ0) is 26.8. The van der Waals surface area contributed by atoms with E-state index in [9.17, 15) is 13.2 Å². The summed E-state index contributed by atoms with van der Waals surface area (Å²) in [7, 11) is -0.961. The number of sulfonamides is 1. The summed E-state index contributed by atoms with van der Waals surface area (Å²) in [6.07, 6.45) is 0.758. The molecule has 10 heteroatoms. The minimum Gasteiger partial charge on any atom is -0.497 e. The number of rotatable bonds is 13. The summed E-state index contributed by atoms with van der Waals surface area (Å²) in [6, 6.07) is 16.4. The quantitative estimate of drug-likeness (QED) is 0.325. The molecule has 198 valence electrons. The summed E-state index contributed by atoms with van der Waals surface area (Å²) >= 11 is 0. The molecule has 0 aliphatic carbocycles. The Balaban J connectivity index is 1.62. The van der Waals surface area contributed by atoms with Crippen molar-refractivity contribution in [1.82, 2.24) is 0 Å². The van der Waals surface area contributed by atoms with Crippen LogP contribution >= 0.6 is 0 Å². The maximum atomic E-state index is 12.9. The normalized spacial score (nSPS) is 10.9. The van der Waals surface area contributed by atoms with Crippen LogP contribution in [0.25, 0.3) is 0 Å². The van der Waals surface area contributed by atoms with E-state index in [1.165, 1.54) is 32.4 Å². The molecule has 0 atom stereocenters. The number of ether oxygens (including phenoxy) is 4. The van der Waals surface area contributed by atoms with Crippen molar-refractivity contribution in [3.05, 3.63) is 66.2 Å². The Morgan fingerprint density at radius 2 is 1.49 bits per heavy atom. The van der Waals surface area contributed by atoms with Gasteiger partial charge in [0.05, 0.1) is 38.0 Å². The number of aryl methyl sites for hydroxylation is 1. The fraction of sp³-hybridized carbons (Fsp3) is 0.296. The Morgan fingerprint density at radius 3 is 2.14 bits per heavy atom. The third kappa shape index (κ3) is 7.53. The number of amides is 1. The first-order valence-electron chi connectivity index (χ1n) is 11.8. The van der Waals surface area contributed by atoms with Crippen LogP contribution in [-0.4, -0.2) is 41.8 Å². The van der Waals surface area contributed by atoms with E-state index in [1.54, 1.807) is 24.3 Å². The van der Waals surface area contributed by atoms with Crippen molar-refractivity contribution >= 4 is 27.3 Å². The van der Waals surface area contributed by atoms with Gasteiger partial charge in [-0.05, 0) is 74.4 Å². The summed E-state index contributed by atoms with van der Waals surface area (Å²) in [4.78, 5) is 12.5. The van der Waals surface area contributed by atoms with E-state index < -0.39 is 10.0 Å². The molecule has 3 rings (SSSR count). The highest BCUT2D eigenvalue weighted by Gasteiger charge is 2.18. The number of hydrogen-bond donors (Lipinski definition) is 2. The number of methoxy groups -OCH3 is 2. The SMILES string of the molecule is CCOc1ccc(CCC(=O)Nc2ccc(S(=O)(=O)Nc3cc(OC)ccc3OC)cc2)cc1OCC. The van der Waals surface area contributed by atoms with Crippen LogP contribution in [0.3, 0.4) is 0 Å². The fourth-order valence-corrected chi connectivity index (χ4v) is 4.61. The van der Waals surface area contributed by atoms with Crippen LogP contribution in [-0.2, 0) is 21.2 Å². The third-order valence-corrected chi connectivity index (χ3v) is 6.73. The first-order valence-corrected chi connectivity index (χ1v) is 13.3. The van der Waals surface area contributed by atoms with Gasteiger partial charge in [0.1, 0.15) is 11.5 Å². The molecule has 0 saturated heterocycles. The highest BCUT2D eigenvalue weighted by atomic mass is 32.2. The van der Waals surface area contributed by atoms with Crippen molar-refractivity contribution in [2.75, 3.05) is 37.5 Å².